The standard InChI is InChI=1S/C26H34BN5O9/c1-4-40-26(2,3)25(36)39-15-38-24(35)20-7-5-6-16-10-17(27(37)41-22(16)20)11-19(33)13-32-14-21(30-31-32)23(34)29-18-8-9-28-12-18/h5-7,14,17-18,28,37H,4,8-13,15H2,1-3H3,(H,29,34)/t17-,18+/m1/s1. The van der Waals surface area contributed by atoms with E-state index in [0.717, 1.165) is 13.0 Å². The first kappa shape index (κ1) is 30.2. The maximum absolute atomic E-state index is 12.8. The number of nitrogens with one attached hydrogen (secondary N) is 2. The quantitative estimate of drug-likeness (QED) is 0.180. The van der Waals surface area contributed by atoms with Gasteiger partial charge in [-0.2, -0.15) is 0 Å². The number of aromatic nitrogens is 3. The van der Waals surface area contributed by atoms with Gasteiger partial charge < -0.3 is 34.5 Å². The maximum atomic E-state index is 12.8. The highest BCUT2D eigenvalue weighted by molar-refractivity contribution is 6.47. The number of nitrogens with zero attached hydrogens (tertiary/aromatic N) is 3. The summed E-state index contributed by atoms with van der Waals surface area (Å²) in [6, 6.07) is 4.85. The summed E-state index contributed by atoms with van der Waals surface area (Å²) in [6.45, 7) is 5.91. The Morgan fingerprint density at radius 1 is 1.27 bits per heavy atom. The summed E-state index contributed by atoms with van der Waals surface area (Å²) in [6.07, 6.45) is 2.47. The van der Waals surface area contributed by atoms with Crippen LogP contribution in [0.15, 0.2) is 24.4 Å². The number of hydrogen-bond donors (Lipinski definition) is 3. The summed E-state index contributed by atoms with van der Waals surface area (Å²) in [7, 11) is -1.36. The third kappa shape index (κ3) is 7.68. The third-order valence-electron chi connectivity index (χ3n) is 6.81. The molecule has 14 nitrogen and oxygen atoms in total. The Balaban J connectivity index is 1.30. The lowest BCUT2D eigenvalue weighted by Crippen LogP contribution is -2.37. The SMILES string of the molecule is CCOC(C)(C)C(=O)OCOC(=O)c1cccc2c1OB(O)[C@@H](CC(=O)Cn1cc(C(=O)N[C@H]3CCNC3)nn1)C2. The lowest BCUT2D eigenvalue weighted by atomic mass is 9.64. The molecule has 15 heteroatoms. The highest BCUT2D eigenvalue weighted by Gasteiger charge is 2.38. The van der Waals surface area contributed by atoms with Crippen LogP contribution in [-0.2, 0) is 36.8 Å². The van der Waals surface area contributed by atoms with Gasteiger partial charge in [0, 0.05) is 31.4 Å². The van der Waals surface area contributed by atoms with E-state index in [2.05, 4.69) is 20.9 Å². The molecule has 1 saturated heterocycles. The Hall–Kier alpha value is -3.82. The number of para-hydroxylation sites is 1. The zero-order valence-corrected chi connectivity index (χ0v) is 23.3. The van der Waals surface area contributed by atoms with Crippen LogP contribution < -0.4 is 15.3 Å². The highest BCUT2D eigenvalue weighted by Crippen LogP contribution is 2.36. The number of carbonyl (C=O) groups is 4. The number of amides is 1. The van der Waals surface area contributed by atoms with E-state index in [1.807, 2.05) is 0 Å². The molecule has 2 atom stereocenters. The topological polar surface area (TPSA) is 180 Å². The second-order valence-electron chi connectivity index (χ2n) is 10.4. The van der Waals surface area contributed by atoms with Gasteiger partial charge in [-0.1, -0.05) is 17.3 Å². The van der Waals surface area contributed by atoms with Crippen molar-refractivity contribution in [3.05, 3.63) is 41.2 Å². The minimum Gasteiger partial charge on any atom is -0.535 e. The van der Waals surface area contributed by atoms with Gasteiger partial charge >= 0.3 is 19.1 Å². The Morgan fingerprint density at radius 2 is 2.07 bits per heavy atom. The van der Waals surface area contributed by atoms with Crippen molar-refractivity contribution in [3.8, 4) is 5.75 Å². The molecule has 0 bridgehead atoms. The molecule has 41 heavy (non-hydrogen) atoms. The summed E-state index contributed by atoms with van der Waals surface area (Å²) in [5.41, 5.74) is -0.414. The minimum atomic E-state index is -1.36. The molecule has 2 aliphatic heterocycles. The first-order valence-corrected chi connectivity index (χ1v) is 13.5. The fourth-order valence-corrected chi connectivity index (χ4v) is 4.68. The van der Waals surface area contributed by atoms with E-state index >= 15 is 0 Å². The van der Waals surface area contributed by atoms with Crippen LogP contribution in [-0.4, -0.2) is 88.9 Å². The smallest absolute Gasteiger partial charge is 0.526 e. The normalized spacial score (nSPS) is 18.3. The van der Waals surface area contributed by atoms with Gasteiger partial charge in [0.2, 0.25) is 6.79 Å². The van der Waals surface area contributed by atoms with E-state index in [1.165, 1.54) is 16.9 Å². The summed E-state index contributed by atoms with van der Waals surface area (Å²) >= 11 is 0. The molecule has 2 aliphatic rings. The van der Waals surface area contributed by atoms with Crippen molar-refractivity contribution in [1.82, 2.24) is 25.6 Å². The number of esters is 2. The second kappa shape index (κ2) is 13.2. The van der Waals surface area contributed by atoms with E-state index in [1.54, 1.807) is 32.9 Å². The van der Waals surface area contributed by atoms with Crippen LogP contribution in [0.1, 0.15) is 60.0 Å². The van der Waals surface area contributed by atoms with Crippen LogP contribution in [0.25, 0.3) is 0 Å². The molecule has 4 rings (SSSR count). The van der Waals surface area contributed by atoms with E-state index in [0.29, 0.717) is 18.7 Å². The molecular weight excluding hydrogens is 537 g/mol. The van der Waals surface area contributed by atoms with E-state index in [-0.39, 0.29) is 54.1 Å². The Bertz CT molecular complexity index is 1280. The van der Waals surface area contributed by atoms with Gasteiger partial charge in [0.05, 0.1) is 6.20 Å². The van der Waals surface area contributed by atoms with Gasteiger partial charge in [-0.05, 0) is 51.8 Å². The average Bonchev–Trinajstić information content (AvgIpc) is 3.61. The lowest BCUT2D eigenvalue weighted by molar-refractivity contribution is -0.175. The molecule has 0 saturated carbocycles. The predicted molar refractivity (Wildman–Crippen MR) is 143 cm³/mol. The van der Waals surface area contributed by atoms with Crippen molar-refractivity contribution in [3.63, 3.8) is 0 Å². The second-order valence-corrected chi connectivity index (χ2v) is 10.4. The Kier molecular flexibility index (Phi) is 9.73. The summed E-state index contributed by atoms with van der Waals surface area (Å²) in [4.78, 5) is 49.9. The molecular formula is C26H34BN5O9. The van der Waals surface area contributed by atoms with Crippen molar-refractivity contribution >= 4 is 30.7 Å². The lowest BCUT2D eigenvalue weighted by Gasteiger charge is -2.28. The number of ether oxygens (including phenoxy) is 3. The number of ketones is 1. The molecule has 220 valence electrons. The number of fused-ring (bicyclic) bond motifs is 1. The average molecular weight is 571 g/mol. The van der Waals surface area contributed by atoms with Crippen LogP contribution in [0.3, 0.4) is 0 Å². The number of hydrogen-bond acceptors (Lipinski definition) is 12. The number of rotatable bonds is 12. The third-order valence-corrected chi connectivity index (χ3v) is 6.81. The van der Waals surface area contributed by atoms with Gasteiger partial charge in [-0.25, -0.2) is 14.3 Å². The summed E-state index contributed by atoms with van der Waals surface area (Å²) in [5.74, 6) is -2.53. The van der Waals surface area contributed by atoms with Crippen LogP contribution in [0.5, 0.6) is 5.75 Å². The van der Waals surface area contributed by atoms with Crippen molar-refractivity contribution in [2.24, 2.45) is 0 Å². The molecule has 1 aromatic carbocycles. The summed E-state index contributed by atoms with van der Waals surface area (Å²) in [5, 5.41) is 24.4. The predicted octanol–water partition coefficient (Wildman–Crippen LogP) is 0.287. The van der Waals surface area contributed by atoms with Crippen molar-refractivity contribution in [2.75, 3.05) is 26.5 Å². The number of benzene rings is 1. The monoisotopic (exact) mass is 571 g/mol. The highest BCUT2D eigenvalue weighted by atomic mass is 16.7. The molecule has 3 N–H and O–H groups in total. The Labute approximate surface area is 237 Å². The van der Waals surface area contributed by atoms with E-state index in [4.69, 9.17) is 18.9 Å². The first-order chi connectivity index (χ1) is 19.6. The minimum absolute atomic E-state index is 0.0305. The molecule has 0 radical (unpaired) electrons. The van der Waals surface area contributed by atoms with Crippen molar-refractivity contribution in [1.29, 1.82) is 0 Å². The van der Waals surface area contributed by atoms with Gasteiger partial charge in [0.25, 0.3) is 5.91 Å². The molecule has 0 unspecified atom stereocenters. The first-order valence-electron chi connectivity index (χ1n) is 13.5. The Morgan fingerprint density at radius 3 is 2.80 bits per heavy atom. The van der Waals surface area contributed by atoms with Crippen molar-refractivity contribution < 1.29 is 43.1 Å². The van der Waals surface area contributed by atoms with Crippen LogP contribution >= 0.6 is 0 Å². The van der Waals surface area contributed by atoms with Gasteiger partial charge in [0.15, 0.2) is 17.1 Å². The van der Waals surface area contributed by atoms with Gasteiger partial charge in [0.1, 0.15) is 17.9 Å². The summed E-state index contributed by atoms with van der Waals surface area (Å²) < 4.78 is 22.3. The molecule has 1 fully saturated rings. The number of Topliss-reactive ketones (excluding diaryl/α,β-unsaturated/α-hetero) is 1. The van der Waals surface area contributed by atoms with Crippen LogP contribution in [0.4, 0.5) is 0 Å². The van der Waals surface area contributed by atoms with Gasteiger partial charge in [-0.15, -0.1) is 5.10 Å². The molecule has 3 heterocycles. The van der Waals surface area contributed by atoms with Crippen LogP contribution in [0, 0.1) is 0 Å². The van der Waals surface area contributed by atoms with Crippen LogP contribution in [0.2, 0.25) is 5.82 Å². The van der Waals surface area contributed by atoms with E-state index < -0.39 is 37.3 Å². The fraction of sp³-hybridized carbons (Fsp3) is 0.538. The van der Waals surface area contributed by atoms with Crippen molar-refractivity contribution in [2.45, 2.75) is 64.0 Å². The van der Waals surface area contributed by atoms with Gasteiger partial charge in [-0.3, -0.25) is 9.59 Å². The zero-order valence-electron chi connectivity index (χ0n) is 23.3. The largest absolute Gasteiger partial charge is 0.535 e. The molecule has 1 amide bonds. The van der Waals surface area contributed by atoms with E-state index in [9.17, 15) is 24.2 Å². The maximum Gasteiger partial charge on any atom is 0.526 e. The number of carbonyl (C=O) groups excluding carboxylic acids is 4. The molecule has 0 aliphatic carbocycles. The molecule has 1 aromatic heterocycles. The zero-order chi connectivity index (χ0) is 29.6. The molecule has 2 aromatic rings. The fourth-order valence-electron chi connectivity index (χ4n) is 4.68. The molecule has 0 spiro atoms.